The van der Waals surface area contributed by atoms with E-state index in [1.807, 2.05) is 36.4 Å². The van der Waals surface area contributed by atoms with Crippen LogP contribution in [-0.4, -0.2) is 21.8 Å². The third-order valence-electron chi connectivity index (χ3n) is 5.82. The topological polar surface area (TPSA) is 84.0 Å². The molecule has 0 spiro atoms. The summed E-state index contributed by atoms with van der Waals surface area (Å²) >= 11 is 0. The first kappa shape index (κ1) is 29.3. The number of nitrogens with one attached hydrogen (secondary N) is 2. The molecule has 0 fully saturated rings. The van der Waals surface area contributed by atoms with Crippen molar-refractivity contribution in [3.63, 3.8) is 0 Å². The SMILES string of the molecule is CCC[C@@H](C(=O)NCc1ccccn1)C(C)C.CCC[C@H](C(=O)NCc1ccccn1)C(C)C. The first-order chi connectivity index (χ1) is 16.3. The fraction of sp³-hybridized carbons (Fsp3) is 0.571. The molecular formula is C28H44N4O2. The van der Waals surface area contributed by atoms with E-state index in [1.165, 1.54) is 0 Å². The predicted molar refractivity (Wildman–Crippen MR) is 139 cm³/mol. The van der Waals surface area contributed by atoms with Gasteiger partial charge in [0.1, 0.15) is 0 Å². The zero-order valence-electron chi connectivity index (χ0n) is 21.9. The Hall–Kier alpha value is -2.76. The van der Waals surface area contributed by atoms with Crippen molar-refractivity contribution in [3.8, 4) is 0 Å². The molecule has 0 aliphatic rings. The first-order valence-corrected chi connectivity index (χ1v) is 12.6. The lowest BCUT2D eigenvalue weighted by Crippen LogP contribution is -2.33. The lowest BCUT2D eigenvalue weighted by molar-refractivity contribution is -0.127. The van der Waals surface area contributed by atoms with E-state index in [2.05, 4.69) is 62.1 Å². The number of carbonyl (C=O) groups excluding carboxylic acids is 2. The Morgan fingerprint density at radius 3 is 1.35 bits per heavy atom. The molecule has 6 heteroatoms. The Labute approximate surface area is 206 Å². The summed E-state index contributed by atoms with van der Waals surface area (Å²) in [5, 5.41) is 5.93. The molecule has 0 aliphatic carbocycles. The van der Waals surface area contributed by atoms with E-state index in [1.54, 1.807) is 12.4 Å². The molecule has 2 atom stereocenters. The second kappa shape index (κ2) is 16.8. The Morgan fingerprint density at radius 1 is 0.706 bits per heavy atom. The highest BCUT2D eigenvalue weighted by Gasteiger charge is 2.21. The number of hydrogen-bond donors (Lipinski definition) is 2. The highest BCUT2D eigenvalue weighted by molar-refractivity contribution is 5.79. The summed E-state index contributed by atoms with van der Waals surface area (Å²) in [6.07, 6.45) is 7.47. The molecule has 0 radical (unpaired) electrons. The van der Waals surface area contributed by atoms with E-state index in [9.17, 15) is 9.59 Å². The number of amides is 2. The fourth-order valence-electron chi connectivity index (χ4n) is 3.78. The summed E-state index contributed by atoms with van der Waals surface area (Å²) in [4.78, 5) is 32.4. The number of aromatic nitrogens is 2. The third kappa shape index (κ3) is 11.4. The molecule has 0 aromatic carbocycles. The first-order valence-electron chi connectivity index (χ1n) is 12.6. The van der Waals surface area contributed by atoms with Gasteiger partial charge in [-0.2, -0.15) is 0 Å². The van der Waals surface area contributed by atoms with Crippen LogP contribution in [0.1, 0.15) is 78.6 Å². The van der Waals surface area contributed by atoms with Crippen molar-refractivity contribution in [2.75, 3.05) is 0 Å². The molecule has 0 aliphatic heterocycles. The Kier molecular flexibility index (Phi) is 14.5. The number of carbonyl (C=O) groups is 2. The van der Waals surface area contributed by atoms with Crippen LogP contribution in [0.2, 0.25) is 0 Å². The molecule has 2 rings (SSSR count). The van der Waals surface area contributed by atoms with Crippen molar-refractivity contribution < 1.29 is 9.59 Å². The van der Waals surface area contributed by atoms with Gasteiger partial charge in [-0.1, -0.05) is 66.5 Å². The van der Waals surface area contributed by atoms with Crippen LogP contribution in [0.3, 0.4) is 0 Å². The van der Waals surface area contributed by atoms with Crippen LogP contribution in [0.5, 0.6) is 0 Å². The summed E-state index contributed by atoms with van der Waals surface area (Å²) in [5.74, 6) is 1.30. The average molecular weight is 469 g/mol. The second-order valence-corrected chi connectivity index (χ2v) is 9.36. The van der Waals surface area contributed by atoms with Crippen molar-refractivity contribution in [2.45, 2.75) is 80.3 Å². The summed E-state index contributed by atoms with van der Waals surface area (Å²) in [6.45, 7) is 13.7. The molecule has 34 heavy (non-hydrogen) atoms. The van der Waals surface area contributed by atoms with Crippen molar-refractivity contribution >= 4 is 11.8 Å². The molecule has 0 unspecified atom stereocenters. The lowest BCUT2D eigenvalue weighted by atomic mass is 9.90. The van der Waals surface area contributed by atoms with Crippen LogP contribution in [0.25, 0.3) is 0 Å². The van der Waals surface area contributed by atoms with Crippen LogP contribution >= 0.6 is 0 Å². The van der Waals surface area contributed by atoms with Crippen LogP contribution < -0.4 is 10.6 Å². The van der Waals surface area contributed by atoms with Gasteiger partial charge < -0.3 is 10.6 Å². The van der Waals surface area contributed by atoms with Gasteiger partial charge in [0.05, 0.1) is 24.5 Å². The maximum atomic E-state index is 12.0. The van der Waals surface area contributed by atoms with Crippen LogP contribution in [0.4, 0.5) is 0 Å². The van der Waals surface area contributed by atoms with Crippen molar-refractivity contribution in [1.82, 2.24) is 20.6 Å². The highest BCUT2D eigenvalue weighted by atomic mass is 16.2. The van der Waals surface area contributed by atoms with Gasteiger partial charge in [0, 0.05) is 24.2 Å². The van der Waals surface area contributed by atoms with Gasteiger partial charge in [0.25, 0.3) is 0 Å². The molecule has 2 N–H and O–H groups in total. The maximum absolute atomic E-state index is 12.0. The monoisotopic (exact) mass is 468 g/mol. The maximum Gasteiger partial charge on any atom is 0.223 e. The molecule has 6 nitrogen and oxygen atoms in total. The zero-order valence-corrected chi connectivity index (χ0v) is 21.9. The van der Waals surface area contributed by atoms with Gasteiger partial charge in [-0.05, 0) is 48.9 Å². The second-order valence-electron chi connectivity index (χ2n) is 9.36. The smallest absolute Gasteiger partial charge is 0.223 e. The summed E-state index contributed by atoms with van der Waals surface area (Å²) in [7, 11) is 0. The Balaban J connectivity index is 0.000000340. The number of pyridine rings is 2. The zero-order chi connectivity index (χ0) is 25.3. The Morgan fingerprint density at radius 2 is 1.09 bits per heavy atom. The molecule has 0 saturated heterocycles. The number of nitrogens with zero attached hydrogens (tertiary/aromatic N) is 2. The minimum atomic E-state index is 0.115. The fourth-order valence-corrected chi connectivity index (χ4v) is 3.78. The van der Waals surface area contributed by atoms with Gasteiger partial charge in [-0.25, -0.2) is 0 Å². The van der Waals surface area contributed by atoms with Crippen molar-refractivity contribution in [3.05, 3.63) is 60.2 Å². The van der Waals surface area contributed by atoms with Gasteiger partial charge in [0.2, 0.25) is 11.8 Å². The van der Waals surface area contributed by atoms with Crippen molar-refractivity contribution in [1.29, 1.82) is 0 Å². The molecule has 2 amide bonds. The normalized spacial score (nSPS) is 12.5. The third-order valence-corrected chi connectivity index (χ3v) is 5.82. The van der Waals surface area contributed by atoms with E-state index < -0.39 is 0 Å². The van der Waals surface area contributed by atoms with Crippen LogP contribution in [0, 0.1) is 23.7 Å². The molecule has 0 bridgehead atoms. The van der Waals surface area contributed by atoms with E-state index in [0.29, 0.717) is 24.9 Å². The predicted octanol–water partition coefficient (Wildman–Crippen LogP) is 5.54. The summed E-state index contributed by atoms with van der Waals surface area (Å²) < 4.78 is 0. The van der Waals surface area contributed by atoms with Crippen LogP contribution in [0.15, 0.2) is 48.8 Å². The molecule has 188 valence electrons. The van der Waals surface area contributed by atoms with Crippen LogP contribution in [-0.2, 0) is 22.7 Å². The minimum Gasteiger partial charge on any atom is -0.350 e. The summed E-state index contributed by atoms with van der Waals surface area (Å²) in [5.41, 5.74) is 1.81. The summed E-state index contributed by atoms with van der Waals surface area (Å²) in [6, 6.07) is 11.5. The quantitative estimate of drug-likeness (QED) is 0.428. The Bertz CT molecular complexity index is 740. The molecular weight excluding hydrogens is 424 g/mol. The van der Waals surface area contributed by atoms with Gasteiger partial charge in [0.15, 0.2) is 0 Å². The van der Waals surface area contributed by atoms with Gasteiger partial charge in [-0.15, -0.1) is 0 Å². The highest BCUT2D eigenvalue weighted by Crippen LogP contribution is 2.18. The molecule has 0 saturated carbocycles. The van der Waals surface area contributed by atoms with E-state index in [4.69, 9.17) is 0 Å². The number of hydrogen-bond acceptors (Lipinski definition) is 4. The largest absolute Gasteiger partial charge is 0.350 e. The number of rotatable bonds is 12. The van der Waals surface area contributed by atoms with Gasteiger partial charge >= 0.3 is 0 Å². The van der Waals surface area contributed by atoms with E-state index in [0.717, 1.165) is 37.1 Å². The molecule has 2 aromatic rings. The lowest BCUT2D eigenvalue weighted by Gasteiger charge is -2.19. The van der Waals surface area contributed by atoms with E-state index >= 15 is 0 Å². The van der Waals surface area contributed by atoms with E-state index in [-0.39, 0.29) is 23.7 Å². The minimum absolute atomic E-state index is 0.115. The van der Waals surface area contributed by atoms with Crippen molar-refractivity contribution in [2.24, 2.45) is 23.7 Å². The average Bonchev–Trinajstić information content (AvgIpc) is 2.84. The standard InChI is InChI=1S/2C14H22N2O/c2*1-4-7-13(11(2)3)14(17)16-10-12-8-5-6-9-15-12/h2*5-6,8-9,11,13H,4,7,10H2,1-3H3,(H,16,17)/t2*13-/m10/s1. The molecule has 2 aromatic heterocycles. The van der Waals surface area contributed by atoms with Gasteiger partial charge in [-0.3, -0.25) is 19.6 Å². The molecule has 2 heterocycles.